The van der Waals surface area contributed by atoms with E-state index in [-0.39, 0.29) is 29.4 Å². The molecule has 2 aliphatic heterocycles. The lowest BCUT2D eigenvalue weighted by Gasteiger charge is -2.14. The summed E-state index contributed by atoms with van der Waals surface area (Å²) in [6.45, 7) is 0. The number of anilines is 2. The Morgan fingerprint density at radius 1 is 0.405 bits per heavy atom. The van der Waals surface area contributed by atoms with Crippen LogP contribution in [0.5, 0.6) is 0 Å². The van der Waals surface area contributed by atoms with E-state index in [9.17, 15) is 24.0 Å². The highest BCUT2D eigenvalue weighted by Gasteiger charge is 2.25. The topological polar surface area (TPSA) is 91.8 Å². The van der Waals surface area contributed by atoms with Crippen LogP contribution in [0.2, 0.25) is 0 Å². The second-order valence-electron chi connectivity index (χ2n) is 9.26. The first kappa shape index (κ1) is 27.2. The van der Waals surface area contributed by atoms with Gasteiger partial charge in [0.2, 0.25) is 0 Å². The Bertz CT molecular complexity index is 1620. The van der Waals surface area contributed by atoms with Crippen LogP contribution in [0.4, 0.5) is 11.4 Å². The number of carbonyl (C=O) groups is 5. The number of ketones is 1. The van der Waals surface area contributed by atoms with Crippen molar-refractivity contribution in [2.75, 3.05) is 9.80 Å². The standard InChI is InChI=1S/C33H20N2O5S2/c36-29-17-18-30(37)34(29)23-5-13-27(14-6-23)41-25-9-1-21(2-10-25)33(40)22-3-11-26(12-4-22)42-28-15-7-24(8-16-28)35-31(38)19-20-32(35)39/h1-20H. The molecule has 0 unspecified atom stereocenters. The summed E-state index contributed by atoms with van der Waals surface area (Å²) in [7, 11) is 0. The summed E-state index contributed by atoms with van der Waals surface area (Å²) < 4.78 is 0. The van der Waals surface area contributed by atoms with Crippen LogP contribution in [0.25, 0.3) is 0 Å². The lowest BCUT2D eigenvalue weighted by Crippen LogP contribution is -2.29. The van der Waals surface area contributed by atoms with E-state index in [1.807, 2.05) is 48.5 Å². The third kappa shape index (κ3) is 5.60. The molecule has 0 spiro atoms. The first-order valence-corrected chi connectivity index (χ1v) is 14.4. The first-order valence-electron chi connectivity index (χ1n) is 12.8. The predicted octanol–water partition coefficient (Wildman–Crippen LogP) is 6.08. The van der Waals surface area contributed by atoms with Crippen LogP contribution in [-0.2, 0) is 19.2 Å². The van der Waals surface area contributed by atoms with Crippen molar-refractivity contribution >= 4 is 64.3 Å². The quantitative estimate of drug-likeness (QED) is 0.182. The van der Waals surface area contributed by atoms with Crippen LogP contribution in [0.15, 0.2) is 141 Å². The summed E-state index contributed by atoms with van der Waals surface area (Å²) in [5, 5.41) is 0. The van der Waals surface area contributed by atoms with Crippen LogP contribution in [0.1, 0.15) is 15.9 Å². The minimum absolute atomic E-state index is 0.0843. The lowest BCUT2D eigenvalue weighted by atomic mass is 10.0. The maximum atomic E-state index is 13.1. The van der Waals surface area contributed by atoms with Gasteiger partial charge in [-0.25, -0.2) is 9.80 Å². The fraction of sp³-hybridized carbons (Fsp3) is 0. The average molecular weight is 589 g/mol. The monoisotopic (exact) mass is 588 g/mol. The molecule has 4 aromatic carbocycles. The molecule has 0 bridgehead atoms. The van der Waals surface area contributed by atoms with Crippen LogP contribution in [-0.4, -0.2) is 29.4 Å². The van der Waals surface area contributed by atoms with Gasteiger partial charge in [0.1, 0.15) is 0 Å². The number of amides is 4. The molecule has 7 nitrogen and oxygen atoms in total. The fourth-order valence-corrected chi connectivity index (χ4v) is 6.06. The van der Waals surface area contributed by atoms with Crippen molar-refractivity contribution < 1.29 is 24.0 Å². The molecule has 0 fully saturated rings. The molecule has 6 rings (SSSR count). The van der Waals surface area contributed by atoms with E-state index in [1.165, 1.54) is 47.8 Å². The zero-order valence-corrected chi connectivity index (χ0v) is 23.4. The SMILES string of the molecule is O=C(c1ccc(Sc2ccc(N3C(=O)C=CC3=O)cc2)cc1)c1ccc(Sc2ccc(N3C(=O)C=CC3=O)cc2)cc1. The van der Waals surface area contributed by atoms with E-state index in [0.717, 1.165) is 29.4 Å². The first-order chi connectivity index (χ1) is 20.4. The predicted molar refractivity (Wildman–Crippen MR) is 161 cm³/mol. The summed E-state index contributed by atoms with van der Waals surface area (Å²) in [5.41, 5.74) is 2.19. The van der Waals surface area contributed by atoms with E-state index < -0.39 is 0 Å². The van der Waals surface area contributed by atoms with Gasteiger partial charge in [0, 0.05) is 55.0 Å². The Kier molecular flexibility index (Phi) is 7.43. The van der Waals surface area contributed by atoms with Crippen molar-refractivity contribution in [2.24, 2.45) is 0 Å². The third-order valence-electron chi connectivity index (χ3n) is 6.51. The second-order valence-corrected chi connectivity index (χ2v) is 11.6. The highest BCUT2D eigenvalue weighted by atomic mass is 32.2. The van der Waals surface area contributed by atoms with Crippen molar-refractivity contribution in [2.45, 2.75) is 19.6 Å². The number of hydrogen-bond donors (Lipinski definition) is 0. The molecule has 9 heteroatoms. The molecule has 4 amide bonds. The molecule has 204 valence electrons. The van der Waals surface area contributed by atoms with Crippen LogP contribution in [0, 0.1) is 0 Å². The molecule has 0 aromatic heterocycles. The van der Waals surface area contributed by atoms with E-state index in [1.54, 1.807) is 48.5 Å². The number of benzene rings is 4. The molecule has 2 aliphatic rings. The molecule has 0 aliphatic carbocycles. The summed E-state index contributed by atoms with van der Waals surface area (Å²) in [5.74, 6) is -1.50. The van der Waals surface area contributed by atoms with E-state index in [2.05, 4.69) is 0 Å². The number of imide groups is 2. The van der Waals surface area contributed by atoms with E-state index >= 15 is 0 Å². The molecule has 0 saturated heterocycles. The Morgan fingerprint density at radius 2 is 0.667 bits per heavy atom. The normalized spacial score (nSPS) is 14.4. The van der Waals surface area contributed by atoms with E-state index in [4.69, 9.17) is 0 Å². The summed E-state index contributed by atoms with van der Waals surface area (Å²) in [4.78, 5) is 66.6. The maximum Gasteiger partial charge on any atom is 0.258 e. The maximum absolute atomic E-state index is 13.1. The molecule has 42 heavy (non-hydrogen) atoms. The van der Waals surface area contributed by atoms with Gasteiger partial charge in [-0.2, -0.15) is 0 Å². The third-order valence-corrected chi connectivity index (χ3v) is 8.54. The van der Waals surface area contributed by atoms with Crippen molar-refractivity contribution in [3.63, 3.8) is 0 Å². The average Bonchev–Trinajstić information content (AvgIpc) is 3.53. The van der Waals surface area contributed by atoms with Crippen molar-refractivity contribution in [3.05, 3.63) is 132 Å². The summed E-state index contributed by atoms with van der Waals surface area (Å²) >= 11 is 3.02. The van der Waals surface area contributed by atoms with Crippen LogP contribution in [0.3, 0.4) is 0 Å². The number of hydrogen-bond acceptors (Lipinski definition) is 7. The Hall–Kier alpha value is -4.99. The molecular formula is C33H20N2O5S2. The molecule has 0 atom stereocenters. The van der Waals surface area contributed by atoms with Crippen molar-refractivity contribution in [1.29, 1.82) is 0 Å². The van der Waals surface area contributed by atoms with Gasteiger partial charge in [0.05, 0.1) is 11.4 Å². The zero-order chi connectivity index (χ0) is 29.2. The highest BCUT2D eigenvalue weighted by Crippen LogP contribution is 2.32. The van der Waals surface area contributed by atoms with Gasteiger partial charge in [0.25, 0.3) is 23.6 Å². The largest absolute Gasteiger partial charge is 0.289 e. The lowest BCUT2D eigenvalue weighted by molar-refractivity contribution is -0.121. The van der Waals surface area contributed by atoms with Gasteiger partial charge in [0.15, 0.2) is 5.78 Å². The molecule has 0 N–H and O–H groups in total. The zero-order valence-electron chi connectivity index (χ0n) is 21.8. The van der Waals surface area contributed by atoms with Crippen LogP contribution >= 0.6 is 23.5 Å². The molecule has 0 saturated carbocycles. The number of rotatable bonds is 8. The molecule has 0 radical (unpaired) electrons. The number of nitrogens with zero attached hydrogens (tertiary/aromatic N) is 2. The Balaban J connectivity index is 1.06. The highest BCUT2D eigenvalue weighted by molar-refractivity contribution is 7.99. The minimum Gasteiger partial charge on any atom is -0.289 e. The summed E-state index contributed by atoms with van der Waals surface area (Å²) in [6.07, 6.45) is 5.02. The Labute approximate surface area is 249 Å². The Morgan fingerprint density at radius 3 is 0.952 bits per heavy atom. The van der Waals surface area contributed by atoms with Crippen molar-refractivity contribution in [3.8, 4) is 0 Å². The van der Waals surface area contributed by atoms with Crippen LogP contribution < -0.4 is 9.80 Å². The van der Waals surface area contributed by atoms with E-state index in [0.29, 0.717) is 22.5 Å². The van der Waals surface area contributed by atoms with Gasteiger partial charge in [-0.1, -0.05) is 23.5 Å². The molecular weight excluding hydrogens is 569 g/mol. The van der Waals surface area contributed by atoms with Crippen molar-refractivity contribution in [1.82, 2.24) is 0 Å². The van der Waals surface area contributed by atoms with Gasteiger partial charge in [-0.05, 0) is 97.1 Å². The second kappa shape index (κ2) is 11.5. The fourth-order valence-electron chi connectivity index (χ4n) is 4.42. The smallest absolute Gasteiger partial charge is 0.258 e. The molecule has 4 aromatic rings. The molecule has 2 heterocycles. The number of carbonyl (C=O) groups excluding carboxylic acids is 5. The van der Waals surface area contributed by atoms with Gasteiger partial charge in [-0.3, -0.25) is 24.0 Å². The minimum atomic E-state index is -0.353. The van der Waals surface area contributed by atoms with Gasteiger partial charge < -0.3 is 0 Å². The van der Waals surface area contributed by atoms with Gasteiger partial charge in [-0.15, -0.1) is 0 Å². The van der Waals surface area contributed by atoms with Gasteiger partial charge >= 0.3 is 0 Å². The summed E-state index contributed by atoms with van der Waals surface area (Å²) in [6, 6.07) is 29.0.